The van der Waals surface area contributed by atoms with E-state index in [-0.39, 0.29) is 11.9 Å². The van der Waals surface area contributed by atoms with Crippen LogP contribution in [0.5, 0.6) is 0 Å². The van der Waals surface area contributed by atoms with E-state index in [1.165, 1.54) is 49.9 Å². The van der Waals surface area contributed by atoms with Gasteiger partial charge in [-0.25, -0.2) is 0 Å². The van der Waals surface area contributed by atoms with E-state index in [0.29, 0.717) is 6.61 Å². The van der Waals surface area contributed by atoms with Gasteiger partial charge in [0.25, 0.3) is 0 Å². The van der Waals surface area contributed by atoms with Gasteiger partial charge in [0, 0.05) is 13.1 Å². The van der Waals surface area contributed by atoms with Gasteiger partial charge in [-0.05, 0) is 36.8 Å². The highest BCUT2D eigenvalue weighted by Crippen LogP contribution is 2.27. The van der Waals surface area contributed by atoms with Crippen molar-refractivity contribution in [2.45, 2.75) is 71.1 Å². The number of thiophene rings is 1. The van der Waals surface area contributed by atoms with Crippen LogP contribution in [0.15, 0.2) is 17.5 Å². The molecule has 0 atom stereocenters. The Morgan fingerprint density at radius 1 is 1.12 bits per heavy atom. The van der Waals surface area contributed by atoms with E-state index in [1.54, 1.807) is 11.3 Å². The highest BCUT2D eigenvalue weighted by molar-refractivity contribution is 7.14. The Morgan fingerprint density at radius 2 is 1.79 bits per heavy atom. The van der Waals surface area contributed by atoms with Gasteiger partial charge in [0.2, 0.25) is 0 Å². The average molecular weight is 352 g/mol. The van der Waals surface area contributed by atoms with Crippen LogP contribution in [0.25, 0.3) is 0 Å². The largest absolute Gasteiger partial charge is 0.465 e. The van der Waals surface area contributed by atoms with Crippen LogP contribution in [0.4, 0.5) is 5.00 Å². The Hall–Kier alpha value is -1.03. The molecule has 0 unspecified atom stereocenters. The zero-order valence-corrected chi connectivity index (χ0v) is 16.0. The first-order valence-corrected chi connectivity index (χ1v) is 10.6. The summed E-state index contributed by atoms with van der Waals surface area (Å²) in [6.45, 7) is 4.80. The van der Waals surface area contributed by atoms with Crippen molar-refractivity contribution in [1.29, 1.82) is 0 Å². The maximum absolute atomic E-state index is 12.2. The molecule has 1 aliphatic heterocycles. The van der Waals surface area contributed by atoms with Crippen LogP contribution in [0.3, 0.4) is 0 Å². The Morgan fingerprint density at radius 3 is 2.42 bits per heavy atom. The number of ether oxygens (including phenoxy) is 1. The number of carbonyl (C=O) groups is 1. The number of nitrogens with zero attached hydrogens (tertiary/aromatic N) is 1. The predicted octanol–water partition coefficient (Wildman–Crippen LogP) is 5.65. The van der Waals surface area contributed by atoms with E-state index in [1.807, 2.05) is 0 Å². The van der Waals surface area contributed by atoms with Crippen molar-refractivity contribution in [1.82, 2.24) is 0 Å². The van der Waals surface area contributed by atoms with Crippen molar-refractivity contribution in [3.63, 3.8) is 0 Å². The highest BCUT2D eigenvalue weighted by Gasteiger charge is 2.26. The molecule has 0 aromatic carbocycles. The lowest BCUT2D eigenvalue weighted by Crippen LogP contribution is -2.36. The van der Waals surface area contributed by atoms with Crippen LogP contribution in [0, 0.1) is 5.92 Å². The molecule has 2 rings (SSSR count). The second-order valence-electron chi connectivity index (χ2n) is 6.85. The molecule has 1 saturated heterocycles. The standard InChI is InChI=1S/C20H33NO2S/c1-2-3-4-5-6-7-8-9-16-23-20(22)18-12-14-21(15-13-18)19-11-10-17-24-19/h10-11,17-18H,2-9,12-16H2,1H3. The molecule has 0 amide bonds. The number of piperidine rings is 1. The quantitative estimate of drug-likeness (QED) is 0.381. The molecule has 136 valence electrons. The first-order chi connectivity index (χ1) is 11.8. The van der Waals surface area contributed by atoms with Crippen molar-refractivity contribution in [3.05, 3.63) is 17.5 Å². The fourth-order valence-corrected chi connectivity index (χ4v) is 4.10. The summed E-state index contributed by atoms with van der Waals surface area (Å²) in [5.41, 5.74) is 0. The summed E-state index contributed by atoms with van der Waals surface area (Å²) in [6, 6.07) is 4.25. The van der Waals surface area contributed by atoms with Crippen molar-refractivity contribution in [2.24, 2.45) is 5.92 Å². The third-order valence-electron chi connectivity index (χ3n) is 4.89. The van der Waals surface area contributed by atoms with Gasteiger partial charge in [0.15, 0.2) is 0 Å². The molecule has 0 bridgehead atoms. The van der Waals surface area contributed by atoms with Gasteiger partial charge in [0.1, 0.15) is 0 Å². The molecule has 0 saturated carbocycles. The topological polar surface area (TPSA) is 29.5 Å². The number of hydrogen-bond donors (Lipinski definition) is 0. The Bertz CT molecular complexity index is 439. The van der Waals surface area contributed by atoms with Crippen LogP contribution in [-0.2, 0) is 9.53 Å². The lowest BCUT2D eigenvalue weighted by Gasteiger charge is -2.31. The second kappa shape index (κ2) is 11.5. The third kappa shape index (κ3) is 6.84. The normalized spacial score (nSPS) is 15.6. The molecule has 1 aromatic rings. The predicted molar refractivity (Wildman–Crippen MR) is 103 cm³/mol. The molecule has 1 aromatic heterocycles. The number of unbranched alkanes of at least 4 members (excludes halogenated alkanes) is 7. The number of anilines is 1. The van der Waals surface area contributed by atoms with Crippen LogP contribution in [-0.4, -0.2) is 25.7 Å². The molecule has 1 aliphatic rings. The van der Waals surface area contributed by atoms with Gasteiger partial charge in [0.05, 0.1) is 17.5 Å². The molecule has 2 heterocycles. The van der Waals surface area contributed by atoms with E-state index in [9.17, 15) is 4.79 Å². The fourth-order valence-electron chi connectivity index (χ4n) is 3.31. The molecular weight excluding hydrogens is 318 g/mol. The minimum atomic E-state index is 0.0313. The van der Waals surface area contributed by atoms with Crippen LogP contribution in [0.1, 0.15) is 71.1 Å². The lowest BCUT2D eigenvalue weighted by molar-refractivity contribution is -0.149. The van der Waals surface area contributed by atoms with Crippen LogP contribution < -0.4 is 4.90 Å². The molecule has 3 nitrogen and oxygen atoms in total. The van der Waals surface area contributed by atoms with Gasteiger partial charge in [-0.2, -0.15) is 0 Å². The molecule has 24 heavy (non-hydrogen) atoms. The van der Waals surface area contributed by atoms with Crippen LogP contribution >= 0.6 is 11.3 Å². The van der Waals surface area contributed by atoms with Crippen molar-refractivity contribution in [3.8, 4) is 0 Å². The third-order valence-corrected chi connectivity index (χ3v) is 5.82. The summed E-state index contributed by atoms with van der Waals surface area (Å²) in [5.74, 6) is 0.138. The average Bonchev–Trinajstić information content (AvgIpc) is 3.15. The van der Waals surface area contributed by atoms with E-state index >= 15 is 0 Å². The number of esters is 1. The maximum atomic E-state index is 12.2. The molecule has 4 heteroatoms. The first kappa shape index (κ1) is 19.3. The number of carbonyl (C=O) groups excluding carboxylic acids is 1. The van der Waals surface area contributed by atoms with Gasteiger partial charge < -0.3 is 9.64 Å². The Kier molecular flexibility index (Phi) is 9.26. The van der Waals surface area contributed by atoms with E-state index in [4.69, 9.17) is 4.74 Å². The molecule has 0 radical (unpaired) electrons. The summed E-state index contributed by atoms with van der Waals surface area (Å²) in [6.07, 6.45) is 12.1. The van der Waals surface area contributed by atoms with Gasteiger partial charge in [-0.3, -0.25) is 4.79 Å². The summed E-state index contributed by atoms with van der Waals surface area (Å²) >= 11 is 1.78. The van der Waals surface area contributed by atoms with Crippen molar-refractivity contribution < 1.29 is 9.53 Å². The van der Waals surface area contributed by atoms with Crippen LogP contribution in [0.2, 0.25) is 0 Å². The monoisotopic (exact) mass is 351 g/mol. The minimum Gasteiger partial charge on any atom is -0.465 e. The fraction of sp³-hybridized carbons (Fsp3) is 0.750. The van der Waals surface area contributed by atoms with Gasteiger partial charge in [-0.15, -0.1) is 11.3 Å². The number of rotatable bonds is 11. The Labute approximate surface area is 151 Å². The second-order valence-corrected chi connectivity index (χ2v) is 7.78. The number of hydrogen-bond acceptors (Lipinski definition) is 4. The molecular formula is C20H33NO2S. The van der Waals surface area contributed by atoms with E-state index < -0.39 is 0 Å². The first-order valence-electron chi connectivity index (χ1n) is 9.76. The molecule has 1 fully saturated rings. The summed E-state index contributed by atoms with van der Waals surface area (Å²) in [5, 5.41) is 3.43. The van der Waals surface area contributed by atoms with E-state index in [2.05, 4.69) is 29.3 Å². The SMILES string of the molecule is CCCCCCCCCCOC(=O)C1CCN(c2cccs2)CC1. The van der Waals surface area contributed by atoms with Crippen molar-refractivity contribution >= 4 is 22.3 Å². The van der Waals surface area contributed by atoms with Gasteiger partial charge in [-0.1, -0.05) is 51.9 Å². The van der Waals surface area contributed by atoms with Gasteiger partial charge >= 0.3 is 5.97 Å². The minimum absolute atomic E-state index is 0.0313. The smallest absolute Gasteiger partial charge is 0.309 e. The summed E-state index contributed by atoms with van der Waals surface area (Å²) in [4.78, 5) is 14.5. The zero-order chi connectivity index (χ0) is 17.0. The molecule has 0 N–H and O–H groups in total. The summed E-state index contributed by atoms with van der Waals surface area (Å²) in [7, 11) is 0. The van der Waals surface area contributed by atoms with Crippen molar-refractivity contribution in [2.75, 3.05) is 24.6 Å². The summed E-state index contributed by atoms with van der Waals surface area (Å²) < 4.78 is 5.50. The van der Waals surface area contributed by atoms with E-state index in [0.717, 1.165) is 32.4 Å². The molecule has 0 aliphatic carbocycles. The maximum Gasteiger partial charge on any atom is 0.309 e. The molecule has 0 spiro atoms. The highest BCUT2D eigenvalue weighted by atomic mass is 32.1. The zero-order valence-electron chi connectivity index (χ0n) is 15.2. The lowest BCUT2D eigenvalue weighted by atomic mass is 9.97. The Balaban J connectivity index is 1.48.